The van der Waals surface area contributed by atoms with Gasteiger partial charge in [-0.25, -0.2) is 4.98 Å². The molecule has 0 fully saturated rings. The van der Waals surface area contributed by atoms with Gasteiger partial charge in [0.2, 0.25) is 11.8 Å². The number of ether oxygens (including phenoxy) is 1. The number of aliphatic carboxylic acids is 1. The third-order valence-electron chi connectivity index (χ3n) is 2.30. The molecule has 18 heavy (non-hydrogen) atoms. The van der Waals surface area contributed by atoms with Crippen LogP contribution in [-0.4, -0.2) is 29.1 Å². The summed E-state index contributed by atoms with van der Waals surface area (Å²) < 4.78 is 5.00. The average molecular weight is 252 g/mol. The highest BCUT2D eigenvalue weighted by atomic mass is 16.5. The second-order valence-electron chi connectivity index (χ2n) is 4.02. The molecule has 0 aliphatic rings. The molecule has 1 aromatic rings. The number of carbonyl (C=O) groups excluding carboxylic acids is 1. The van der Waals surface area contributed by atoms with Crippen LogP contribution in [0, 0.1) is 5.92 Å². The second-order valence-corrected chi connectivity index (χ2v) is 4.02. The molecule has 1 aromatic heterocycles. The standard InChI is InChI=1S/C12H16N2O4/c1-8(7-11(16)17)6-10(15)14-9-4-3-5-13-12(9)18-2/h3-5,8H,6-7H2,1-2H3,(H,14,15)(H,16,17). The molecule has 1 rings (SSSR count). The third-order valence-corrected chi connectivity index (χ3v) is 2.30. The maximum atomic E-state index is 11.7. The summed E-state index contributed by atoms with van der Waals surface area (Å²) >= 11 is 0. The Labute approximate surface area is 105 Å². The molecule has 0 aliphatic heterocycles. The minimum absolute atomic E-state index is 0.0302. The molecule has 1 amide bonds. The lowest BCUT2D eigenvalue weighted by Gasteiger charge is -2.11. The minimum atomic E-state index is -0.908. The van der Waals surface area contributed by atoms with Crippen LogP contribution in [0.2, 0.25) is 0 Å². The zero-order valence-electron chi connectivity index (χ0n) is 10.3. The molecule has 6 nitrogen and oxygen atoms in total. The van der Waals surface area contributed by atoms with Crippen LogP contribution in [0.5, 0.6) is 5.88 Å². The molecule has 0 saturated carbocycles. The number of nitrogens with one attached hydrogen (secondary N) is 1. The highest BCUT2D eigenvalue weighted by Gasteiger charge is 2.14. The first-order valence-electron chi connectivity index (χ1n) is 5.53. The Kier molecular flexibility index (Phi) is 5.10. The topological polar surface area (TPSA) is 88.5 Å². The monoisotopic (exact) mass is 252 g/mol. The van der Waals surface area contributed by atoms with Gasteiger partial charge >= 0.3 is 5.97 Å². The van der Waals surface area contributed by atoms with Gasteiger partial charge in [0, 0.05) is 19.0 Å². The predicted molar refractivity (Wildman–Crippen MR) is 65.5 cm³/mol. The van der Waals surface area contributed by atoms with Crippen LogP contribution in [0.1, 0.15) is 19.8 Å². The van der Waals surface area contributed by atoms with E-state index in [1.165, 1.54) is 7.11 Å². The van der Waals surface area contributed by atoms with Crippen LogP contribution in [-0.2, 0) is 9.59 Å². The van der Waals surface area contributed by atoms with E-state index in [2.05, 4.69) is 10.3 Å². The van der Waals surface area contributed by atoms with Gasteiger partial charge in [-0.05, 0) is 18.1 Å². The Morgan fingerprint density at radius 2 is 2.22 bits per heavy atom. The van der Waals surface area contributed by atoms with E-state index in [1.807, 2.05) is 0 Å². The van der Waals surface area contributed by atoms with Crippen molar-refractivity contribution in [1.29, 1.82) is 0 Å². The summed E-state index contributed by atoms with van der Waals surface area (Å²) in [5.74, 6) is -1.05. The molecule has 0 spiro atoms. The molecular weight excluding hydrogens is 236 g/mol. The predicted octanol–water partition coefficient (Wildman–Crippen LogP) is 1.53. The van der Waals surface area contributed by atoms with Crippen molar-refractivity contribution < 1.29 is 19.4 Å². The van der Waals surface area contributed by atoms with E-state index >= 15 is 0 Å². The van der Waals surface area contributed by atoms with Crippen molar-refractivity contribution in [1.82, 2.24) is 4.98 Å². The zero-order chi connectivity index (χ0) is 13.5. The molecular formula is C12H16N2O4. The van der Waals surface area contributed by atoms with Crippen molar-refractivity contribution in [3.63, 3.8) is 0 Å². The first-order chi connectivity index (χ1) is 8.52. The Hall–Kier alpha value is -2.11. The summed E-state index contributed by atoms with van der Waals surface area (Å²) in [6.07, 6.45) is 1.67. The zero-order valence-corrected chi connectivity index (χ0v) is 10.3. The lowest BCUT2D eigenvalue weighted by atomic mass is 10.0. The number of pyridine rings is 1. The van der Waals surface area contributed by atoms with Crippen LogP contribution in [0.15, 0.2) is 18.3 Å². The number of hydrogen-bond donors (Lipinski definition) is 2. The fraction of sp³-hybridized carbons (Fsp3) is 0.417. The largest absolute Gasteiger partial charge is 0.481 e. The van der Waals surface area contributed by atoms with Gasteiger partial charge in [0.05, 0.1) is 7.11 Å². The van der Waals surface area contributed by atoms with Crippen LogP contribution >= 0.6 is 0 Å². The van der Waals surface area contributed by atoms with Crippen LogP contribution in [0.4, 0.5) is 5.69 Å². The lowest BCUT2D eigenvalue weighted by Crippen LogP contribution is -2.17. The van der Waals surface area contributed by atoms with Gasteiger partial charge in [-0.15, -0.1) is 0 Å². The van der Waals surface area contributed by atoms with Crippen LogP contribution < -0.4 is 10.1 Å². The highest BCUT2D eigenvalue weighted by Crippen LogP contribution is 2.20. The van der Waals surface area contributed by atoms with Crippen molar-refractivity contribution >= 4 is 17.6 Å². The Morgan fingerprint density at radius 1 is 1.50 bits per heavy atom. The molecule has 0 aromatic carbocycles. The second kappa shape index (κ2) is 6.58. The normalized spacial score (nSPS) is 11.7. The summed E-state index contributed by atoms with van der Waals surface area (Å²) in [7, 11) is 1.46. The number of carboxylic acid groups (broad SMARTS) is 1. The van der Waals surface area contributed by atoms with E-state index in [-0.39, 0.29) is 24.7 Å². The van der Waals surface area contributed by atoms with Crippen LogP contribution in [0.25, 0.3) is 0 Å². The first kappa shape index (κ1) is 14.0. The fourth-order valence-electron chi connectivity index (χ4n) is 1.54. The molecule has 0 aliphatic carbocycles. The highest BCUT2D eigenvalue weighted by molar-refractivity contribution is 5.92. The summed E-state index contributed by atoms with van der Waals surface area (Å²) in [4.78, 5) is 26.1. The number of anilines is 1. The molecule has 1 unspecified atom stereocenters. The molecule has 6 heteroatoms. The van der Waals surface area contributed by atoms with E-state index in [9.17, 15) is 9.59 Å². The molecule has 1 heterocycles. The van der Waals surface area contributed by atoms with Crippen molar-refractivity contribution in [2.45, 2.75) is 19.8 Å². The van der Waals surface area contributed by atoms with Crippen molar-refractivity contribution in [2.24, 2.45) is 5.92 Å². The Balaban J connectivity index is 2.56. The number of hydrogen-bond acceptors (Lipinski definition) is 4. The molecule has 0 saturated heterocycles. The minimum Gasteiger partial charge on any atom is -0.481 e. The maximum Gasteiger partial charge on any atom is 0.303 e. The van der Waals surface area contributed by atoms with E-state index in [1.54, 1.807) is 25.3 Å². The van der Waals surface area contributed by atoms with Crippen molar-refractivity contribution in [3.05, 3.63) is 18.3 Å². The molecule has 1 atom stereocenters. The van der Waals surface area contributed by atoms with Gasteiger partial charge in [-0.2, -0.15) is 0 Å². The molecule has 2 N–H and O–H groups in total. The van der Waals surface area contributed by atoms with E-state index in [0.29, 0.717) is 11.6 Å². The average Bonchev–Trinajstić information content (AvgIpc) is 2.28. The summed E-state index contributed by atoms with van der Waals surface area (Å²) in [6, 6.07) is 3.35. The van der Waals surface area contributed by atoms with E-state index < -0.39 is 5.97 Å². The van der Waals surface area contributed by atoms with Gasteiger partial charge in [0.1, 0.15) is 5.69 Å². The van der Waals surface area contributed by atoms with Gasteiger partial charge in [-0.3, -0.25) is 9.59 Å². The lowest BCUT2D eigenvalue weighted by molar-refractivity contribution is -0.138. The number of aromatic nitrogens is 1. The fourth-order valence-corrected chi connectivity index (χ4v) is 1.54. The summed E-state index contributed by atoms with van der Waals surface area (Å²) in [5.41, 5.74) is 0.479. The Bertz CT molecular complexity index is 434. The van der Waals surface area contributed by atoms with Crippen LogP contribution in [0.3, 0.4) is 0 Å². The molecule has 0 radical (unpaired) electrons. The number of amides is 1. The summed E-state index contributed by atoms with van der Waals surface area (Å²) in [5, 5.41) is 11.3. The quantitative estimate of drug-likeness (QED) is 0.801. The maximum absolute atomic E-state index is 11.7. The first-order valence-corrected chi connectivity index (χ1v) is 5.53. The van der Waals surface area contributed by atoms with E-state index in [0.717, 1.165) is 0 Å². The SMILES string of the molecule is COc1ncccc1NC(=O)CC(C)CC(=O)O. The number of carboxylic acids is 1. The number of carbonyl (C=O) groups is 2. The number of nitrogens with zero attached hydrogens (tertiary/aromatic N) is 1. The molecule has 0 bridgehead atoms. The number of methoxy groups -OCH3 is 1. The molecule has 98 valence electrons. The third kappa shape index (κ3) is 4.40. The van der Waals surface area contributed by atoms with Crippen molar-refractivity contribution in [3.8, 4) is 5.88 Å². The van der Waals surface area contributed by atoms with Gasteiger partial charge in [-0.1, -0.05) is 6.92 Å². The van der Waals surface area contributed by atoms with Gasteiger partial charge < -0.3 is 15.2 Å². The smallest absolute Gasteiger partial charge is 0.303 e. The van der Waals surface area contributed by atoms with E-state index in [4.69, 9.17) is 9.84 Å². The summed E-state index contributed by atoms with van der Waals surface area (Å²) in [6.45, 7) is 1.72. The van der Waals surface area contributed by atoms with Gasteiger partial charge in [0.25, 0.3) is 0 Å². The number of rotatable bonds is 6. The Morgan fingerprint density at radius 3 is 2.83 bits per heavy atom. The van der Waals surface area contributed by atoms with Crippen molar-refractivity contribution in [2.75, 3.05) is 12.4 Å². The van der Waals surface area contributed by atoms with Gasteiger partial charge in [0.15, 0.2) is 0 Å².